The van der Waals surface area contributed by atoms with Crippen molar-refractivity contribution >= 4 is 17.0 Å². The summed E-state index contributed by atoms with van der Waals surface area (Å²) in [7, 11) is 4.02. The minimum absolute atomic E-state index is 0.0498. The van der Waals surface area contributed by atoms with E-state index in [4.69, 9.17) is 7.48 Å². The van der Waals surface area contributed by atoms with Crippen LogP contribution in [0.1, 0.15) is 13.9 Å². The second kappa shape index (κ2) is 5.77. The second-order valence-corrected chi connectivity index (χ2v) is 5.64. The average Bonchev–Trinajstić information content (AvgIpc) is 2.95. The van der Waals surface area contributed by atoms with Gasteiger partial charge in [-0.25, -0.2) is 4.79 Å². The third-order valence-corrected chi connectivity index (χ3v) is 3.64. The third-order valence-electron chi connectivity index (χ3n) is 3.64. The lowest BCUT2D eigenvalue weighted by Crippen LogP contribution is -2.28. The molecule has 2 heterocycles. The number of aromatic nitrogens is 1. The van der Waals surface area contributed by atoms with Gasteiger partial charge in [0, 0.05) is 23.6 Å². The molecule has 1 aliphatic heterocycles. The Morgan fingerprint density at radius 3 is 3.10 bits per heavy atom. The molecule has 1 amide bonds. The van der Waals surface area contributed by atoms with Gasteiger partial charge in [0.15, 0.2) is 0 Å². The highest BCUT2D eigenvalue weighted by atomic mass is 16.6. The molecular weight excluding hydrogens is 266 g/mol. The number of cyclic esters (lactones) is 1. The number of likely N-dealkylation sites (N-methyl/N-ethyl adjacent to an activating group) is 1. The minimum Gasteiger partial charge on any atom is -0.447 e. The van der Waals surface area contributed by atoms with Crippen molar-refractivity contribution in [3.63, 3.8) is 0 Å². The number of ether oxygens (including phenoxy) is 1. The van der Waals surface area contributed by atoms with E-state index in [1.54, 1.807) is 0 Å². The van der Waals surface area contributed by atoms with Crippen molar-refractivity contribution < 1.29 is 12.3 Å². The molecule has 0 spiro atoms. The topological polar surface area (TPSA) is 57.4 Å². The quantitative estimate of drug-likeness (QED) is 0.884. The molecule has 1 aromatic heterocycles. The molecule has 21 heavy (non-hydrogen) atoms. The van der Waals surface area contributed by atoms with Crippen LogP contribution in [0.15, 0.2) is 24.4 Å². The molecule has 1 fully saturated rings. The van der Waals surface area contributed by atoms with E-state index in [9.17, 15) is 4.79 Å². The van der Waals surface area contributed by atoms with Crippen molar-refractivity contribution in [3.8, 4) is 0 Å². The molecule has 0 radical (unpaired) electrons. The molecule has 2 aromatic rings. The first-order valence-corrected chi connectivity index (χ1v) is 7.06. The van der Waals surface area contributed by atoms with Gasteiger partial charge in [-0.15, -0.1) is 0 Å². The molecule has 5 heteroatoms. The predicted octanol–water partition coefficient (Wildman–Crippen LogP) is 1.92. The molecule has 1 saturated heterocycles. The maximum atomic E-state index is 11.2. The van der Waals surface area contributed by atoms with Gasteiger partial charge in [0.25, 0.3) is 0 Å². The van der Waals surface area contributed by atoms with Crippen molar-refractivity contribution in [2.45, 2.75) is 18.9 Å². The van der Waals surface area contributed by atoms with Gasteiger partial charge in [-0.1, -0.05) is 6.07 Å². The first-order valence-electron chi connectivity index (χ1n) is 8.06. The third kappa shape index (κ3) is 3.19. The van der Waals surface area contributed by atoms with Crippen molar-refractivity contribution in [2.75, 3.05) is 27.2 Å². The summed E-state index contributed by atoms with van der Waals surface area (Å²) in [5, 5.41) is 3.56. The van der Waals surface area contributed by atoms with Gasteiger partial charge in [-0.2, -0.15) is 0 Å². The lowest BCUT2D eigenvalue weighted by atomic mass is 10.0. The van der Waals surface area contributed by atoms with Gasteiger partial charge in [0.1, 0.15) is 6.61 Å². The van der Waals surface area contributed by atoms with E-state index in [1.807, 2.05) is 32.3 Å². The molecule has 2 N–H and O–H groups in total. The molecule has 3 rings (SSSR count). The second-order valence-electron chi connectivity index (χ2n) is 5.64. The Morgan fingerprint density at radius 1 is 1.52 bits per heavy atom. The average molecular weight is 289 g/mol. The summed E-state index contributed by atoms with van der Waals surface area (Å²) in [5.74, 6) is 0. The van der Waals surface area contributed by atoms with Crippen LogP contribution >= 0.6 is 0 Å². The molecule has 0 bridgehead atoms. The highest BCUT2D eigenvalue weighted by Crippen LogP contribution is 2.21. The van der Waals surface area contributed by atoms with Gasteiger partial charge in [-0.05, 0) is 50.2 Å². The lowest BCUT2D eigenvalue weighted by Gasteiger charge is -2.09. The van der Waals surface area contributed by atoms with E-state index >= 15 is 0 Å². The fourth-order valence-corrected chi connectivity index (χ4v) is 2.51. The van der Waals surface area contributed by atoms with Crippen molar-refractivity contribution in [1.82, 2.24) is 15.2 Å². The Balaban J connectivity index is 1.88. The summed E-state index contributed by atoms with van der Waals surface area (Å²) < 4.78 is 21.2. The van der Waals surface area contributed by atoms with Crippen LogP contribution < -0.4 is 5.32 Å². The van der Waals surface area contributed by atoms with Gasteiger partial charge in [0.2, 0.25) is 0 Å². The monoisotopic (exact) mass is 289 g/mol. The van der Waals surface area contributed by atoms with E-state index in [-0.39, 0.29) is 6.61 Å². The summed E-state index contributed by atoms with van der Waals surface area (Å²) >= 11 is 0. The van der Waals surface area contributed by atoms with Gasteiger partial charge >= 0.3 is 6.09 Å². The number of alkyl carbamates (subject to hydrolysis) is 1. The number of nitrogens with one attached hydrogen (secondary N) is 2. The molecule has 1 aromatic carbocycles. The van der Waals surface area contributed by atoms with E-state index in [1.165, 1.54) is 0 Å². The molecule has 112 valence electrons. The zero-order valence-corrected chi connectivity index (χ0v) is 12.3. The lowest BCUT2D eigenvalue weighted by molar-refractivity contribution is 0.177. The first-order chi connectivity index (χ1) is 10.9. The fraction of sp³-hybridized carbons (Fsp3) is 0.438. The summed E-state index contributed by atoms with van der Waals surface area (Å²) in [6, 6.07) is 4.75. The number of rotatable bonds is 5. The highest BCUT2D eigenvalue weighted by molar-refractivity contribution is 5.84. The number of H-pyrrole nitrogens is 1. The van der Waals surface area contributed by atoms with Crippen LogP contribution in [-0.2, 0) is 17.6 Å². The van der Waals surface area contributed by atoms with Crippen LogP contribution in [-0.4, -0.2) is 49.2 Å². The largest absolute Gasteiger partial charge is 0.447 e. The van der Waals surface area contributed by atoms with Crippen LogP contribution in [0.25, 0.3) is 10.9 Å². The molecule has 5 nitrogen and oxygen atoms in total. The van der Waals surface area contributed by atoms with Crippen LogP contribution in [0, 0.1) is 0 Å². The van der Waals surface area contributed by atoms with Gasteiger partial charge < -0.3 is 19.9 Å². The van der Waals surface area contributed by atoms with Gasteiger partial charge in [-0.3, -0.25) is 0 Å². The SMILES string of the molecule is [2H]c1[nH]c2ccc(C[C@@]3([2H])COC(=O)N3)cc2c1CCN(C)C. The van der Waals surface area contributed by atoms with E-state index < -0.39 is 12.1 Å². The summed E-state index contributed by atoms with van der Waals surface area (Å²) in [5.41, 5.74) is 2.86. The number of nitrogens with zero attached hydrogens (tertiary/aromatic N) is 1. The van der Waals surface area contributed by atoms with E-state index in [0.29, 0.717) is 12.6 Å². The predicted molar refractivity (Wildman–Crippen MR) is 82.5 cm³/mol. The standard InChI is InChI=1S/C16H21N3O2/c1-19(2)6-5-12-9-17-15-4-3-11(8-14(12)15)7-13-10-21-16(20)18-13/h3-4,8-9,13,17H,5-7,10H2,1-2H3,(H,18,20)/t13-/m0/s1/i9D,13D. The van der Waals surface area contributed by atoms with Crippen LogP contribution in [0.4, 0.5) is 4.79 Å². The molecular formula is C16H21N3O2. The Kier molecular flexibility index (Phi) is 3.20. The summed E-state index contributed by atoms with van der Waals surface area (Å²) in [6.45, 7) is 0.920. The number of hydrogen-bond acceptors (Lipinski definition) is 3. The number of carbonyl (C=O) groups excluding carboxylic acids is 1. The molecule has 0 unspecified atom stereocenters. The Labute approximate surface area is 127 Å². The molecule has 1 aliphatic rings. The maximum absolute atomic E-state index is 11.2. The molecule has 0 saturated carbocycles. The Morgan fingerprint density at radius 2 is 2.38 bits per heavy atom. The van der Waals surface area contributed by atoms with Crippen molar-refractivity contribution in [1.29, 1.82) is 0 Å². The van der Waals surface area contributed by atoms with Crippen LogP contribution in [0.2, 0.25) is 0 Å². The fourth-order valence-electron chi connectivity index (χ4n) is 2.51. The molecule has 0 aliphatic carbocycles. The van der Waals surface area contributed by atoms with E-state index in [0.717, 1.165) is 35.0 Å². The van der Waals surface area contributed by atoms with Crippen LogP contribution in [0.3, 0.4) is 0 Å². The Hall–Kier alpha value is -2.01. The van der Waals surface area contributed by atoms with Gasteiger partial charge in [0.05, 0.1) is 8.76 Å². The summed E-state index contributed by atoms with van der Waals surface area (Å²) in [4.78, 5) is 16.4. The smallest absolute Gasteiger partial charge is 0.407 e. The normalized spacial score (nSPS) is 23.1. The number of hydrogen-bond donors (Lipinski definition) is 2. The number of fused-ring (bicyclic) bond motifs is 1. The first kappa shape index (κ1) is 11.6. The van der Waals surface area contributed by atoms with Crippen molar-refractivity contribution in [3.05, 3.63) is 35.5 Å². The van der Waals surface area contributed by atoms with E-state index in [2.05, 4.69) is 15.2 Å². The minimum atomic E-state index is -1.12. The Bertz CT molecular complexity index is 744. The van der Waals surface area contributed by atoms with Crippen molar-refractivity contribution in [2.24, 2.45) is 0 Å². The summed E-state index contributed by atoms with van der Waals surface area (Å²) in [6.07, 6.45) is 1.07. The number of aromatic amines is 1. The maximum Gasteiger partial charge on any atom is 0.407 e. The number of amides is 1. The zero-order chi connectivity index (χ0) is 16.6. The number of benzene rings is 1. The number of carbonyl (C=O) groups is 1. The molecule has 1 atom stereocenters. The van der Waals surface area contributed by atoms with Crippen LogP contribution in [0.5, 0.6) is 0 Å². The zero-order valence-electron chi connectivity index (χ0n) is 14.3. The highest BCUT2D eigenvalue weighted by Gasteiger charge is 2.22.